The second kappa shape index (κ2) is 9.77. The number of ether oxygens (including phenoxy) is 1. The highest BCUT2D eigenvalue weighted by atomic mass is 35.5. The molecule has 1 aliphatic rings. The first-order chi connectivity index (χ1) is 15.0. The number of rotatable bonds is 6. The summed E-state index contributed by atoms with van der Waals surface area (Å²) >= 11 is 7.49. The second-order valence-electron chi connectivity index (χ2n) is 7.34. The molecule has 1 aliphatic heterocycles. The Morgan fingerprint density at radius 1 is 1.06 bits per heavy atom. The minimum atomic E-state index is -0.408. The van der Waals surface area contributed by atoms with Crippen molar-refractivity contribution >= 4 is 28.8 Å². The SMILES string of the molecule is O=C(c1cc(COc2ccccc2F)cs1)N1CCN(Cc2ccc(F)cc2Cl)CC1. The molecular weight excluding hydrogens is 442 g/mol. The molecule has 0 N–H and O–H groups in total. The first kappa shape index (κ1) is 21.7. The molecule has 4 nitrogen and oxygen atoms in total. The zero-order valence-corrected chi connectivity index (χ0v) is 18.3. The summed E-state index contributed by atoms with van der Waals surface area (Å²) in [7, 11) is 0. The number of halogens is 3. The highest BCUT2D eigenvalue weighted by Crippen LogP contribution is 2.23. The van der Waals surface area contributed by atoms with Gasteiger partial charge in [-0.1, -0.05) is 29.8 Å². The van der Waals surface area contributed by atoms with E-state index in [1.165, 1.54) is 29.5 Å². The Morgan fingerprint density at radius 3 is 2.58 bits per heavy atom. The van der Waals surface area contributed by atoms with Crippen LogP contribution in [0.1, 0.15) is 20.8 Å². The summed E-state index contributed by atoms with van der Waals surface area (Å²) in [5.74, 6) is -0.576. The Hall–Kier alpha value is -2.48. The number of hydrogen-bond acceptors (Lipinski definition) is 4. The van der Waals surface area contributed by atoms with Crippen molar-refractivity contribution in [1.29, 1.82) is 0 Å². The van der Waals surface area contributed by atoms with E-state index in [-0.39, 0.29) is 24.1 Å². The van der Waals surface area contributed by atoms with Crippen LogP contribution in [0, 0.1) is 11.6 Å². The fourth-order valence-corrected chi connectivity index (χ4v) is 4.53. The lowest BCUT2D eigenvalue weighted by atomic mass is 10.2. The highest BCUT2D eigenvalue weighted by molar-refractivity contribution is 7.12. The summed E-state index contributed by atoms with van der Waals surface area (Å²) < 4.78 is 32.4. The molecule has 2 heterocycles. The lowest BCUT2D eigenvalue weighted by molar-refractivity contribution is 0.0633. The summed E-state index contributed by atoms with van der Waals surface area (Å²) in [6.45, 7) is 3.48. The van der Waals surface area contributed by atoms with Crippen molar-refractivity contribution < 1.29 is 18.3 Å². The summed E-state index contributed by atoms with van der Waals surface area (Å²) in [5, 5.41) is 2.28. The Labute approximate surface area is 188 Å². The maximum Gasteiger partial charge on any atom is 0.264 e. The minimum Gasteiger partial charge on any atom is -0.486 e. The van der Waals surface area contributed by atoms with Crippen molar-refractivity contribution in [2.75, 3.05) is 26.2 Å². The third-order valence-electron chi connectivity index (χ3n) is 5.16. The predicted molar refractivity (Wildman–Crippen MR) is 118 cm³/mol. The summed E-state index contributed by atoms with van der Waals surface area (Å²) in [5.41, 5.74) is 1.71. The summed E-state index contributed by atoms with van der Waals surface area (Å²) in [6, 6.07) is 12.5. The van der Waals surface area contributed by atoms with Crippen molar-refractivity contribution in [3.05, 3.63) is 86.6 Å². The molecule has 0 atom stereocenters. The van der Waals surface area contributed by atoms with Gasteiger partial charge in [0.1, 0.15) is 12.4 Å². The van der Waals surface area contributed by atoms with Gasteiger partial charge in [0.05, 0.1) is 4.88 Å². The lowest BCUT2D eigenvalue weighted by Crippen LogP contribution is -2.48. The van der Waals surface area contributed by atoms with E-state index in [4.69, 9.17) is 16.3 Å². The molecule has 4 rings (SSSR count). The normalized spacial score (nSPS) is 14.6. The van der Waals surface area contributed by atoms with Gasteiger partial charge in [0.15, 0.2) is 11.6 Å². The van der Waals surface area contributed by atoms with Crippen LogP contribution in [0.2, 0.25) is 5.02 Å². The number of piperazine rings is 1. The molecule has 0 unspecified atom stereocenters. The third kappa shape index (κ3) is 5.42. The molecule has 0 spiro atoms. The molecule has 0 bridgehead atoms. The molecular formula is C23H21ClF2N2O2S. The number of nitrogens with zero attached hydrogens (tertiary/aromatic N) is 2. The van der Waals surface area contributed by atoms with Crippen LogP contribution in [0.25, 0.3) is 0 Å². The van der Waals surface area contributed by atoms with Gasteiger partial charge < -0.3 is 9.64 Å². The van der Waals surface area contributed by atoms with Gasteiger partial charge in [0.2, 0.25) is 0 Å². The first-order valence-electron chi connectivity index (χ1n) is 9.90. The van der Waals surface area contributed by atoms with Crippen LogP contribution in [-0.4, -0.2) is 41.9 Å². The van der Waals surface area contributed by atoms with Gasteiger partial charge >= 0.3 is 0 Å². The maximum atomic E-state index is 13.7. The maximum absolute atomic E-state index is 13.7. The van der Waals surface area contributed by atoms with Gasteiger partial charge in [-0.05, 0) is 41.3 Å². The van der Waals surface area contributed by atoms with Crippen molar-refractivity contribution in [3.8, 4) is 5.75 Å². The van der Waals surface area contributed by atoms with Gasteiger partial charge in [0, 0.05) is 43.3 Å². The van der Waals surface area contributed by atoms with E-state index >= 15 is 0 Å². The van der Waals surface area contributed by atoms with E-state index in [2.05, 4.69) is 4.90 Å². The molecule has 1 fully saturated rings. The zero-order valence-electron chi connectivity index (χ0n) is 16.7. The zero-order chi connectivity index (χ0) is 21.8. The lowest BCUT2D eigenvalue weighted by Gasteiger charge is -2.34. The van der Waals surface area contributed by atoms with Crippen LogP contribution in [0.15, 0.2) is 53.9 Å². The fraction of sp³-hybridized carbons (Fsp3) is 0.261. The van der Waals surface area contributed by atoms with Crippen LogP contribution in [0.3, 0.4) is 0 Å². The number of para-hydroxylation sites is 1. The van der Waals surface area contributed by atoms with Gasteiger partial charge in [-0.2, -0.15) is 0 Å². The topological polar surface area (TPSA) is 32.8 Å². The Bertz CT molecular complexity index is 1070. The number of hydrogen-bond donors (Lipinski definition) is 0. The van der Waals surface area contributed by atoms with Crippen LogP contribution in [-0.2, 0) is 13.2 Å². The van der Waals surface area contributed by atoms with E-state index in [9.17, 15) is 13.6 Å². The van der Waals surface area contributed by atoms with Crippen LogP contribution < -0.4 is 4.74 Å². The largest absolute Gasteiger partial charge is 0.486 e. The second-order valence-corrected chi connectivity index (χ2v) is 8.66. The van der Waals surface area contributed by atoms with E-state index in [1.807, 2.05) is 10.3 Å². The van der Waals surface area contributed by atoms with Crippen molar-refractivity contribution in [2.45, 2.75) is 13.2 Å². The van der Waals surface area contributed by atoms with Crippen LogP contribution in [0.4, 0.5) is 8.78 Å². The Balaban J connectivity index is 1.29. The van der Waals surface area contributed by atoms with Gasteiger partial charge in [0.25, 0.3) is 5.91 Å². The predicted octanol–water partition coefficient (Wildman–Crippen LogP) is 5.22. The van der Waals surface area contributed by atoms with Crippen LogP contribution in [0.5, 0.6) is 5.75 Å². The molecule has 0 radical (unpaired) electrons. The van der Waals surface area contributed by atoms with Crippen molar-refractivity contribution in [3.63, 3.8) is 0 Å². The average Bonchev–Trinajstić information content (AvgIpc) is 3.24. The molecule has 162 valence electrons. The first-order valence-corrected chi connectivity index (χ1v) is 11.2. The van der Waals surface area contributed by atoms with Gasteiger partial charge in [-0.15, -0.1) is 11.3 Å². The molecule has 1 saturated heterocycles. The number of carbonyl (C=O) groups is 1. The molecule has 2 aromatic carbocycles. The van der Waals surface area contributed by atoms with E-state index < -0.39 is 5.82 Å². The molecule has 3 aromatic rings. The molecule has 0 saturated carbocycles. The highest BCUT2D eigenvalue weighted by Gasteiger charge is 2.23. The number of benzene rings is 2. The molecule has 1 amide bonds. The minimum absolute atomic E-state index is 0.0124. The average molecular weight is 463 g/mol. The van der Waals surface area contributed by atoms with Gasteiger partial charge in [-0.25, -0.2) is 8.78 Å². The van der Waals surface area contributed by atoms with E-state index in [0.29, 0.717) is 42.6 Å². The quantitative estimate of drug-likeness (QED) is 0.503. The third-order valence-corrected chi connectivity index (χ3v) is 6.48. The van der Waals surface area contributed by atoms with E-state index in [0.717, 1.165) is 11.1 Å². The number of amides is 1. The van der Waals surface area contributed by atoms with Gasteiger partial charge in [-0.3, -0.25) is 9.69 Å². The van der Waals surface area contributed by atoms with Crippen LogP contribution >= 0.6 is 22.9 Å². The van der Waals surface area contributed by atoms with Crippen molar-refractivity contribution in [2.24, 2.45) is 0 Å². The molecule has 1 aromatic heterocycles. The standard InChI is InChI=1S/C23H21ClF2N2O2S/c24-19-12-18(25)6-5-17(19)13-27-7-9-28(10-8-27)23(29)22-11-16(15-31-22)14-30-21-4-2-1-3-20(21)26/h1-6,11-12,15H,7-10,13-14H2. The Kier molecular flexibility index (Phi) is 6.85. The van der Waals surface area contributed by atoms with Crippen molar-refractivity contribution in [1.82, 2.24) is 9.80 Å². The molecule has 31 heavy (non-hydrogen) atoms. The molecule has 8 heteroatoms. The fourth-order valence-electron chi connectivity index (χ4n) is 3.44. The summed E-state index contributed by atoms with van der Waals surface area (Å²) in [6.07, 6.45) is 0. The monoisotopic (exact) mass is 462 g/mol. The number of thiophene rings is 1. The Morgan fingerprint density at radius 2 is 1.84 bits per heavy atom. The summed E-state index contributed by atoms with van der Waals surface area (Å²) in [4.78, 5) is 17.5. The number of carbonyl (C=O) groups excluding carboxylic acids is 1. The smallest absolute Gasteiger partial charge is 0.264 e. The van der Waals surface area contributed by atoms with E-state index in [1.54, 1.807) is 30.3 Å². The molecule has 0 aliphatic carbocycles.